The van der Waals surface area contributed by atoms with E-state index in [1.165, 1.54) is 36.2 Å². The third-order valence-electron chi connectivity index (χ3n) is 4.25. The number of amides is 2. The van der Waals surface area contributed by atoms with Crippen molar-refractivity contribution in [1.82, 2.24) is 15.1 Å². The third kappa shape index (κ3) is 3.75. The van der Waals surface area contributed by atoms with Gasteiger partial charge in [-0.05, 0) is 43.3 Å². The summed E-state index contributed by atoms with van der Waals surface area (Å²) >= 11 is 5.71. The molecular formula is C18H15ClF2N4O2. The Hall–Kier alpha value is -3.00. The Morgan fingerprint density at radius 1 is 1.22 bits per heavy atom. The fourth-order valence-electron chi connectivity index (χ4n) is 2.62. The highest BCUT2D eigenvalue weighted by molar-refractivity contribution is 6.31. The van der Waals surface area contributed by atoms with Gasteiger partial charge in [-0.3, -0.25) is 4.79 Å². The lowest BCUT2D eigenvalue weighted by atomic mass is 10.1. The number of nitrogens with one attached hydrogen (secondary N) is 2. The molecule has 0 saturated heterocycles. The Bertz CT molecular complexity index is 1090. The zero-order valence-corrected chi connectivity index (χ0v) is 15.1. The molecule has 3 aromatic rings. The van der Waals surface area contributed by atoms with E-state index < -0.39 is 29.3 Å². The van der Waals surface area contributed by atoms with E-state index in [1.807, 2.05) is 0 Å². The molecule has 0 spiro atoms. The van der Waals surface area contributed by atoms with Crippen LogP contribution < -0.4 is 10.9 Å². The first kappa shape index (κ1) is 18.8. The SMILES string of the molecule is C[C@H](c1n[nH]c(=O)c2cc(F)ccc12)N(C)C(=O)Nc1ccc(F)c(Cl)c1. The van der Waals surface area contributed by atoms with Crippen molar-refractivity contribution in [2.75, 3.05) is 12.4 Å². The monoisotopic (exact) mass is 392 g/mol. The van der Waals surface area contributed by atoms with Crippen LogP contribution in [0.25, 0.3) is 10.8 Å². The zero-order valence-electron chi connectivity index (χ0n) is 14.4. The van der Waals surface area contributed by atoms with Crippen molar-refractivity contribution in [3.05, 3.63) is 69.1 Å². The van der Waals surface area contributed by atoms with Crippen molar-refractivity contribution in [2.24, 2.45) is 0 Å². The van der Waals surface area contributed by atoms with Crippen molar-refractivity contribution in [2.45, 2.75) is 13.0 Å². The van der Waals surface area contributed by atoms with Crippen LogP contribution in [-0.4, -0.2) is 28.2 Å². The molecule has 1 heterocycles. The van der Waals surface area contributed by atoms with E-state index in [0.29, 0.717) is 16.8 Å². The summed E-state index contributed by atoms with van der Waals surface area (Å²) in [7, 11) is 1.53. The maximum Gasteiger partial charge on any atom is 0.322 e. The number of nitrogens with zero attached hydrogens (tertiary/aromatic N) is 2. The highest BCUT2D eigenvalue weighted by Crippen LogP contribution is 2.25. The summed E-state index contributed by atoms with van der Waals surface area (Å²) in [6.07, 6.45) is 0. The van der Waals surface area contributed by atoms with Crippen molar-refractivity contribution in [1.29, 1.82) is 0 Å². The molecule has 3 rings (SSSR count). The van der Waals surface area contributed by atoms with Gasteiger partial charge in [0.05, 0.1) is 22.1 Å². The third-order valence-corrected chi connectivity index (χ3v) is 4.54. The Kier molecular flexibility index (Phi) is 5.09. The second-order valence-electron chi connectivity index (χ2n) is 5.97. The van der Waals surface area contributed by atoms with Crippen molar-refractivity contribution in [3.8, 4) is 0 Å². The van der Waals surface area contributed by atoms with Crippen molar-refractivity contribution >= 4 is 34.1 Å². The van der Waals surface area contributed by atoms with E-state index in [9.17, 15) is 18.4 Å². The van der Waals surface area contributed by atoms with Crippen LogP contribution in [0.4, 0.5) is 19.3 Å². The van der Waals surface area contributed by atoms with E-state index in [4.69, 9.17) is 11.6 Å². The average Bonchev–Trinajstić information content (AvgIpc) is 2.64. The smallest absolute Gasteiger partial charge is 0.319 e. The van der Waals surface area contributed by atoms with E-state index in [1.54, 1.807) is 6.92 Å². The molecule has 0 aliphatic carbocycles. The Labute approximate surface area is 157 Å². The minimum atomic E-state index is -0.590. The van der Waals surface area contributed by atoms with Crippen molar-refractivity contribution in [3.63, 3.8) is 0 Å². The molecule has 2 N–H and O–H groups in total. The second kappa shape index (κ2) is 7.32. The lowest BCUT2D eigenvalue weighted by Crippen LogP contribution is -2.34. The number of urea groups is 1. The Morgan fingerprint density at radius 2 is 1.96 bits per heavy atom. The molecule has 0 bridgehead atoms. The highest BCUT2D eigenvalue weighted by atomic mass is 35.5. The molecule has 2 amide bonds. The van der Waals surface area contributed by atoms with Crippen LogP contribution in [0.5, 0.6) is 0 Å². The van der Waals surface area contributed by atoms with Crippen LogP contribution in [-0.2, 0) is 0 Å². The molecule has 6 nitrogen and oxygen atoms in total. The minimum absolute atomic E-state index is 0.112. The average molecular weight is 393 g/mol. The molecule has 0 aliphatic heterocycles. The molecule has 1 aromatic heterocycles. The van der Waals surface area contributed by atoms with Gasteiger partial charge < -0.3 is 10.2 Å². The number of rotatable bonds is 3. The molecule has 1 atom stereocenters. The molecule has 0 unspecified atom stereocenters. The lowest BCUT2D eigenvalue weighted by Gasteiger charge is -2.25. The first-order valence-electron chi connectivity index (χ1n) is 7.94. The number of halogens is 3. The topological polar surface area (TPSA) is 78.1 Å². The number of benzene rings is 2. The van der Waals surface area contributed by atoms with E-state index in [-0.39, 0.29) is 10.4 Å². The van der Waals surface area contributed by atoms with E-state index in [0.717, 1.165) is 12.1 Å². The fourth-order valence-corrected chi connectivity index (χ4v) is 2.80. The molecule has 0 fully saturated rings. The summed E-state index contributed by atoms with van der Waals surface area (Å²) in [5.74, 6) is -1.13. The Balaban J connectivity index is 1.88. The van der Waals surface area contributed by atoms with Crippen LogP contribution in [0.2, 0.25) is 5.02 Å². The largest absolute Gasteiger partial charge is 0.322 e. The number of hydrogen-bond acceptors (Lipinski definition) is 3. The maximum atomic E-state index is 13.5. The molecule has 0 saturated carbocycles. The van der Waals surface area contributed by atoms with Crippen LogP contribution >= 0.6 is 11.6 Å². The summed E-state index contributed by atoms with van der Waals surface area (Å²) < 4.78 is 26.7. The Morgan fingerprint density at radius 3 is 2.67 bits per heavy atom. The number of aromatic amines is 1. The van der Waals surface area contributed by atoms with Gasteiger partial charge in [0.25, 0.3) is 5.56 Å². The number of anilines is 1. The van der Waals surface area contributed by atoms with Gasteiger partial charge in [0.15, 0.2) is 0 Å². The summed E-state index contributed by atoms with van der Waals surface area (Å²) in [5, 5.41) is 9.42. The lowest BCUT2D eigenvalue weighted by molar-refractivity contribution is 0.207. The van der Waals surface area contributed by atoms with Crippen LogP contribution in [0.1, 0.15) is 18.7 Å². The van der Waals surface area contributed by atoms with Gasteiger partial charge in [0.1, 0.15) is 11.6 Å². The molecule has 0 radical (unpaired) electrons. The van der Waals surface area contributed by atoms with Gasteiger partial charge in [-0.15, -0.1) is 0 Å². The van der Waals surface area contributed by atoms with Gasteiger partial charge in [0, 0.05) is 18.1 Å². The van der Waals surface area contributed by atoms with Crippen LogP contribution in [0.3, 0.4) is 0 Å². The van der Waals surface area contributed by atoms with Gasteiger partial charge in [-0.2, -0.15) is 5.10 Å². The number of carbonyl (C=O) groups excluding carboxylic acids is 1. The predicted molar refractivity (Wildman–Crippen MR) is 98.9 cm³/mol. The minimum Gasteiger partial charge on any atom is -0.319 e. The molecule has 27 heavy (non-hydrogen) atoms. The van der Waals surface area contributed by atoms with Gasteiger partial charge in [0.2, 0.25) is 0 Å². The van der Waals surface area contributed by atoms with E-state index in [2.05, 4.69) is 15.5 Å². The van der Waals surface area contributed by atoms with Gasteiger partial charge >= 0.3 is 6.03 Å². The number of H-pyrrole nitrogens is 1. The zero-order chi connectivity index (χ0) is 19.7. The second-order valence-corrected chi connectivity index (χ2v) is 6.38. The van der Waals surface area contributed by atoms with Gasteiger partial charge in [-0.25, -0.2) is 18.7 Å². The summed E-state index contributed by atoms with van der Waals surface area (Å²) in [5.41, 5.74) is 0.208. The highest BCUT2D eigenvalue weighted by Gasteiger charge is 2.22. The number of carbonyl (C=O) groups is 1. The molecular weight excluding hydrogens is 378 g/mol. The van der Waals surface area contributed by atoms with E-state index >= 15 is 0 Å². The molecule has 2 aromatic carbocycles. The first-order chi connectivity index (χ1) is 12.8. The summed E-state index contributed by atoms with van der Waals surface area (Å²) in [6, 6.07) is 6.57. The number of fused-ring (bicyclic) bond motifs is 1. The van der Waals surface area contributed by atoms with Gasteiger partial charge in [-0.1, -0.05) is 11.6 Å². The number of aromatic nitrogens is 2. The quantitative estimate of drug-likeness (QED) is 0.705. The normalized spacial score (nSPS) is 12.0. The van der Waals surface area contributed by atoms with Crippen molar-refractivity contribution < 1.29 is 13.6 Å². The fraction of sp³-hybridized carbons (Fsp3) is 0.167. The summed E-state index contributed by atoms with van der Waals surface area (Å²) in [6.45, 7) is 1.71. The predicted octanol–water partition coefficient (Wildman–Crippen LogP) is 4.08. The first-order valence-corrected chi connectivity index (χ1v) is 8.32. The molecule has 0 aliphatic rings. The number of hydrogen-bond donors (Lipinski definition) is 2. The molecule has 9 heteroatoms. The summed E-state index contributed by atoms with van der Waals surface area (Å²) in [4.78, 5) is 25.7. The van der Waals surface area contributed by atoms with Crippen LogP contribution in [0.15, 0.2) is 41.2 Å². The standard InChI is InChI=1S/C18H15ClF2N4O2/c1-9(16-12-5-3-10(20)7-13(12)17(26)24-23-16)25(2)18(27)22-11-4-6-15(21)14(19)8-11/h3-9H,1-2H3,(H,22,27)(H,24,26)/t9-/m1/s1. The maximum absolute atomic E-state index is 13.5. The van der Waals surface area contributed by atoms with Crippen LogP contribution in [0, 0.1) is 11.6 Å². The molecule has 140 valence electrons.